The second-order valence-corrected chi connectivity index (χ2v) is 3.54. The number of hydrogen-bond donors (Lipinski definition) is 2. The predicted molar refractivity (Wildman–Crippen MR) is 49.6 cm³/mol. The Kier molecular flexibility index (Phi) is 3.35. The molecule has 0 bridgehead atoms. The van der Waals surface area contributed by atoms with E-state index in [9.17, 15) is 4.79 Å². The van der Waals surface area contributed by atoms with Gasteiger partial charge >= 0.3 is 5.97 Å². The summed E-state index contributed by atoms with van der Waals surface area (Å²) in [6, 6.07) is 0. The van der Waals surface area contributed by atoms with E-state index in [1.54, 1.807) is 10.4 Å². The maximum Gasteiger partial charge on any atom is 0.365 e. The molecule has 1 rings (SSSR count). The van der Waals surface area contributed by atoms with Gasteiger partial charge in [0.1, 0.15) is 0 Å². The molecular weight excluding hydrogens is 190 g/mol. The van der Waals surface area contributed by atoms with Crippen LogP contribution in [0.5, 0.6) is 0 Å². The van der Waals surface area contributed by atoms with Gasteiger partial charge in [-0.2, -0.15) is 0 Å². The van der Waals surface area contributed by atoms with E-state index < -0.39 is 5.97 Å². The monoisotopic (exact) mass is 201 g/mol. The number of nitrogens with zero attached hydrogens (tertiary/aromatic N) is 2. The van der Waals surface area contributed by atoms with Crippen molar-refractivity contribution >= 4 is 17.3 Å². The van der Waals surface area contributed by atoms with E-state index in [1.807, 2.05) is 14.1 Å². The van der Waals surface area contributed by atoms with Gasteiger partial charge < -0.3 is 5.11 Å². The van der Waals surface area contributed by atoms with E-state index in [-0.39, 0.29) is 5.01 Å². The molecule has 1 heterocycles. The molecular formula is C7H11N3O2S. The van der Waals surface area contributed by atoms with E-state index in [1.165, 1.54) is 0 Å². The first-order valence-corrected chi connectivity index (χ1v) is 4.56. The number of carbonyl (C=O) groups is 1. The molecule has 0 unspecified atom stereocenters. The first-order chi connectivity index (χ1) is 6.09. The van der Waals surface area contributed by atoms with Gasteiger partial charge in [0.15, 0.2) is 0 Å². The minimum absolute atomic E-state index is 0.135. The van der Waals surface area contributed by atoms with Crippen molar-refractivity contribution < 1.29 is 9.90 Å². The van der Waals surface area contributed by atoms with Gasteiger partial charge in [0.05, 0.1) is 12.2 Å². The summed E-state index contributed by atoms with van der Waals surface area (Å²) in [5.74, 6) is -0.971. The summed E-state index contributed by atoms with van der Waals surface area (Å²) >= 11 is 1.14. The molecule has 0 saturated carbocycles. The van der Waals surface area contributed by atoms with E-state index >= 15 is 0 Å². The molecule has 0 aliphatic heterocycles. The van der Waals surface area contributed by atoms with Crippen LogP contribution in [0.15, 0.2) is 5.38 Å². The Balaban J connectivity index is 2.54. The molecule has 0 radical (unpaired) electrons. The highest BCUT2D eigenvalue weighted by molar-refractivity contribution is 7.11. The Bertz CT molecular complexity index is 298. The lowest BCUT2D eigenvalue weighted by atomic mass is 10.5. The van der Waals surface area contributed by atoms with Crippen LogP contribution in [-0.2, 0) is 6.54 Å². The maximum absolute atomic E-state index is 10.5. The zero-order chi connectivity index (χ0) is 9.84. The fourth-order valence-electron chi connectivity index (χ4n) is 0.726. The van der Waals surface area contributed by atoms with Crippen LogP contribution in [0.1, 0.15) is 15.5 Å². The minimum Gasteiger partial charge on any atom is -0.476 e. The molecule has 0 aliphatic carbocycles. The van der Waals surface area contributed by atoms with E-state index in [4.69, 9.17) is 5.11 Å². The number of carboxylic acids is 1. The summed E-state index contributed by atoms with van der Waals surface area (Å²) in [4.78, 5) is 14.4. The number of thiazole rings is 1. The van der Waals surface area contributed by atoms with Crippen molar-refractivity contribution in [3.8, 4) is 0 Å². The lowest BCUT2D eigenvalue weighted by Crippen LogP contribution is -2.29. The molecule has 5 nitrogen and oxygen atoms in total. The van der Waals surface area contributed by atoms with Crippen LogP contribution in [-0.4, -0.2) is 35.2 Å². The number of aromatic carboxylic acids is 1. The quantitative estimate of drug-likeness (QED) is 0.691. The predicted octanol–water partition coefficient (Wildman–Crippen LogP) is 0.407. The van der Waals surface area contributed by atoms with Crippen LogP contribution in [0.3, 0.4) is 0 Å². The van der Waals surface area contributed by atoms with Crippen LogP contribution in [0.2, 0.25) is 0 Å². The smallest absolute Gasteiger partial charge is 0.365 e. The highest BCUT2D eigenvalue weighted by Crippen LogP contribution is 2.08. The molecule has 0 saturated heterocycles. The molecule has 0 aromatic carbocycles. The summed E-state index contributed by atoms with van der Waals surface area (Å²) in [6.07, 6.45) is 0. The number of hydrogen-bond acceptors (Lipinski definition) is 5. The SMILES string of the molecule is CN(C)NCc1csc(C(=O)O)n1. The largest absolute Gasteiger partial charge is 0.476 e. The average molecular weight is 201 g/mol. The van der Waals surface area contributed by atoms with Gasteiger partial charge in [-0.15, -0.1) is 11.3 Å². The molecule has 0 atom stereocenters. The minimum atomic E-state index is -0.971. The Morgan fingerprint density at radius 2 is 2.46 bits per heavy atom. The van der Waals surface area contributed by atoms with Crippen molar-refractivity contribution in [3.63, 3.8) is 0 Å². The fourth-order valence-corrected chi connectivity index (χ4v) is 1.38. The van der Waals surface area contributed by atoms with Gasteiger partial charge in [-0.05, 0) is 0 Å². The average Bonchev–Trinajstić information content (AvgIpc) is 2.48. The first-order valence-electron chi connectivity index (χ1n) is 3.68. The third-order valence-electron chi connectivity index (χ3n) is 1.31. The second-order valence-electron chi connectivity index (χ2n) is 2.68. The van der Waals surface area contributed by atoms with Gasteiger partial charge in [-0.3, -0.25) is 5.01 Å². The number of carboxylic acid groups (broad SMARTS) is 1. The lowest BCUT2D eigenvalue weighted by Gasteiger charge is -2.09. The molecule has 0 aliphatic rings. The Morgan fingerprint density at radius 3 is 2.92 bits per heavy atom. The molecule has 1 aromatic rings. The van der Waals surface area contributed by atoms with Crippen molar-refractivity contribution in [2.75, 3.05) is 14.1 Å². The van der Waals surface area contributed by atoms with Crippen molar-refractivity contribution in [1.29, 1.82) is 0 Å². The zero-order valence-electron chi connectivity index (χ0n) is 7.44. The van der Waals surface area contributed by atoms with Crippen LogP contribution >= 0.6 is 11.3 Å². The number of hydrazine groups is 1. The van der Waals surface area contributed by atoms with E-state index in [0.29, 0.717) is 6.54 Å². The Hall–Kier alpha value is -0.980. The van der Waals surface area contributed by atoms with Gasteiger partial charge in [-0.1, -0.05) is 0 Å². The van der Waals surface area contributed by atoms with Crippen molar-refractivity contribution in [2.45, 2.75) is 6.54 Å². The molecule has 13 heavy (non-hydrogen) atoms. The molecule has 2 N–H and O–H groups in total. The standard InChI is InChI=1S/C7H11N3O2S/c1-10(2)8-3-5-4-13-6(9-5)7(11)12/h4,8H,3H2,1-2H3,(H,11,12). The van der Waals surface area contributed by atoms with Crippen molar-refractivity contribution in [1.82, 2.24) is 15.4 Å². The zero-order valence-corrected chi connectivity index (χ0v) is 8.26. The Morgan fingerprint density at radius 1 is 1.77 bits per heavy atom. The number of aromatic nitrogens is 1. The van der Waals surface area contributed by atoms with Crippen LogP contribution in [0, 0.1) is 0 Å². The van der Waals surface area contributed by atoms with Crippen LogP contribution in [0.25, 0.3) is 0 Å². The van der Waals surface area contributed by atoms with Gasteiger partial charge in [-0.25, -0.2) is 15.2 Å². The molecule has 6 heteroatoms. The van der Waals surface area contributed by atoms with Gasteiger partial charge in [0, 0.05) is 19.5 Å². The molecule has 0 amide bonds. The van der Waals surface area contributed by atoms with Crippen molar-refractivity contribution in [2.24, 2.45) is 0 Å². The van der Waals surface area contributed by atoms with Crippen LogP contribution in [0.4, 0.5) is 0 Å². The van der Waals surface area contributed by atoms with Crippen LogP contribution < -0.4 is 5.43 Å². The number of rotatable bonds is 4. The highest BCUT2D eigenvalue weighted by atomic mass is 32.1. The maximum atomic E-state index is 10.5. The van der Waals surface area contributed by atoms with E-state index in [0.717, 1.165) is 17.0 Å². The van der Waals surface area contributed by atoms with Crippen molar-refractivity contribution in [3.05, 3.63) is 16.1 Å². The normalized spacial score (nSPS) is 10.7. The molecule has 0 fully saturated rings. The Labute approximate surface area is 80.0 Å². The topological polar surface area (TPSA) is 65.5 Å². The molecule has 72 valence electrons. The second kappa shape index (κ2) is 4.31. The highest BCUT2D eigenvalue weighted by Gasteiger charge is 2.08. The van der Waals surface area contributed by atoms with Gasteiger partial charge in [0.25, 0.3) is 0 Å². The summed E-state index contributed by atoms with van der Waals surface area (Å²) in [5, 5.41) is 12.3. The van der Waals surface area contributed by atoms with E-state index in [2.05, 4.69) is 10.4 Å². The summed E-state index contributed by atoms with van der Waals surface area (Å²) in [7, 11) is 3.73. The summed E-state index contributed by atoms with van der Waals surface area (Å²) in [6.45, 7) is 0.552. The molecule has 1 aromatic heterocycles. The number of nitrogens with one attached hydrogen (secondary N) is 1. The third kappa shape index (κ3) is 3.10. The summed E-state index contributed by atoms with van der Waals surface area (Å²) in [5.41, 5.74) is 3.74. The summed E-state index contributed by atoms with van der Waals surface area (Å²) < 4.78 is 0. The van der Waals surface area contributed by atoms with Gasteiger partial charge in [0.2, 0.25) is 5.01 Å². The third-order valence-corrected chi connectivity index (χ3v) is 2.19. The first kappa shape index (κ1) is 10.1. The molecule has 0 spiro atoms. The lowest BCUT2D eigenvalue weighted by molar-refractivity contribution is 0.0696. The fraction of sp³-hybridized carbons (Fsp3) is 0.429.